The number of anilines is 2. The quantitative estimate of drug-likeness (QED) is 0.534. The van der Waals surface area contributed by atoms with Crippen molar-refractivity contribution in [2.45, 2.75) is 25.2 Å². The predicted molar refractivity (Wildman–Crippen MR) is 117 cm³/mol. The van der Waals surface area contributed by atoms with E-state index in [1.54, 1.807) is 25.3 Å². The zero-order valence-electron chi connectivity index (χ0n) is 18.3. The first kappa shape index (κ1) is 23.3. The molecule has 0 bridgehead atoms. The normalized spacial score (nSPS) is 15.1. The van der Waals surface area contributed by atoms with Crippen LogP contribution in [0.5, 0.6) is 5.75 Å². The van der Waals surface area contributed by atoms with Crippen LogP contribution in [0.15, 0.2) is 48.5 Å². The lowest BCUT2D eigenvalue weighted by atomic mass is 10.1. The van der Waals surface area contributed by atoms with Gasteiger partial charge in [0.15, 0.2) is 0 Å². The topological polar surface area (TPSA) is 94.5 Å². The van der Waals surface area contributed by atoms with Crippen LogP contribution in [-0.4, -0.2) is 35.8 Å². The molecule has 0 spiro atoms. The van der Waals surface area contributed by atoms with Gasteiger partial charge in [-0.1, -0.05) is 18.2 Å². The Morgan fingerprint density at radius 3 is 2.65 bits per heavy atom. The first-order valence-corrected chi connectivity index (χ1v) is 10.2. The van der Waals surface area contributed by atoms with E-state index in [0.717, 1.165) is 17.7 Å². The Bertz CT molecular complexity index is 1240. The second kappa shape index (κ2) is 9.18. The minimum atomic E-state index is -4.54. The van der Waals surface area contributed by atoms with Crippen LogP contribution in [0.25, 0.3) is 11.1 Å². The molecule has 178 valence electrons. The van der Waals surface area contributed by atoms with Gasteiger partial charge in [-0.15, -0.1) is 0 Å². The van der Waals surface area contributed by atoms with Gasteiger partial charge in [-0.2, -0.15) is 18.3 Å². The Morgan fingerprint density at radius 2 is 1.94 bits per heavy atom. The number of ether oxygens (including phenoxy) is 2. The van der Waals surface area contributed by atoms with Gasteiger partial charge in [0, 0.05) is 12.8 Å². The number of nitrogens with one attached hydrogen (secondary N) is 2. The number of hydrogen-bond donors (Lipinski definition) is 2. The fourth-order valence-corrected chi connectivity index (χ4v) is 3.80. The maximum atomic E-state index is 12.9. The van der Waals surface area contributed by atoms with Crippen LogP contribution in [0.1, 0.15) is 23.7 Å². The minimum Gasteiger partial charge on any atom is -0.497 e. The van der Waals surface area contributed by atoms with E-state index < -0.39 is 29.6 Å². The first-order chi connectivity index (χ1) is 16.2. The summed E-state index contributed by atoms with van der Waals surface area (Å²) in [6, 6.07) is 10.5. The van der Waals surface area contributed by atoms with E-state index in [1.165, 1.54) is 23.9 Å². The van der Waals surface area contributed by atoms with E-state index in [-0.39, 0.29) is 18.7 Å². The molecular formula is C23H21F3N4O4. The third-order valence-corrected chi connectivity index (χ3v) is 5.31. The van der Waals surface area contributed by atoms with Crippen LogP contribution in [0, 0.1) is 0 Å². The Kier molecular flexibility index (Phi) is 6.29. The van der Waals surface area contributed by atoms with Crippen LogP contribution in [0.2, 0.25) is 0 Å². The zero-order valence-corrected chi connectivity index (χ0v) is 18.3. The summed E-state index contributed by atoms with van der Waals surface area (Å²) in [4.78, 5) is 25.3. The molecular weight excluding hydrogens is 453 g/mol. The lowest BCUT2D eigenvalue weighted by Gasteiger charge is -2.12. The molecule has 2 heterocycles. The number of nitrogens with zero attached hydrogens (tertiary/aromatic N) is 2. The smallest absolute Gasteiger partial charge is 0.416 e. The van der Waals surface area contributed by atoms with Crippen molar-refractivity contribution in [1.82, 2.24) is 9.78 Å². The van der Waals surface area contributed by atoms with Crippen LogP contribution in [-0.2, 0) is 27.1 Å². The third-order valence-electron chi connectivity index (χ3n) is 5.31. The Hall–Kier alpha value is -3.86. The fourth-order valence-electron chi connectivity index (χ4n) is 3.80. The summed E-state index contributed by atoms with van der Waals surface area (Å²) in [7, 11) is 3.05. The number of rotatable bonds is 7. The molecule has 0 radical (unpaired) electrons. The van der Waals surface area contributed by atoms with Crippen LogP contribution in [0.4, 0.5) is 24.7 Å². The van der Waals surface area contributed by atoms with Gasteiger partial charge in [0.05, 0.1) is 37.0 Å². The summed E-state index contributed by atoms with van der Waals surface area (Å²) in [5.74, 6) is -0.0572. The van der Waals surface area contributed by atoms with Gasteiger partial charge in [0.25, 0.3) is 5.91 Å². The van der Waals surface area contributed by atoms with E-state index in [4.69, 9.17) is 9.47 Å². The largest absolute Gasteiger partial charge is 0.497 e. The first-order valence-electron chi connectivity index (χ1n) is 10.2. The highest BCUT2D eigenvalue weighted by Crippen LogP contribution is 2.40. The summed E-state index contributed by atoms with van der Waals surface area (Å²) in [6.07, 6.45) is -4.86. The number of amides is 2. The SMILES string of the molecule is COCc1nn2c(c1-c1cccc(OC)c1)NC(=O)C2CC(=O)Nc1cccc(C(F)(F)F)c1. The maximum absolute atomic E-state index is 12.9. The molecule has 3 aromatic rings. The van der Waals surface area contributed by atoms with E-state index in [0.29, 0.717) is 22.8 Å². The highest BCUT2D eigenvalue weighted by molar-refractivity contribution is 6.04. The zero-order chi connectivity index (χ0) is 24.5. The summed E-state index contributed by atoms with van der Waals surface area (Å²) >= 11 is 0. The molecule has 2 amide bonds. The van der Waals surface area contributed by atoms with Crippen molar-refractivity contribution in [3.05, 3.63) is 59.8 Å². The predicted octanol–water partition coefficient (Wildman–Crippen LogP) is 4.25. The average molecular weight is 474 g/mol. The van der Waals surface area contributed by atoms with E-state index in [9.17, 15) is 22.8 Å². The molecule has 11 heteroatoms. The highest BCUT2D eigenvalue weighted by atomic mass is 19.4. The fraction of sp³-hybridized carbons (Fsp3) is 0.261. The summed E-state index contributed by atoms with van der Waals surface area (Å²) in [5, 5.41) is 9.68. The van der Waals surface area contributed by atoms with Crippen LogP contribution < -0.4 is 15.4 Å². The Balaban J connectivity index is 1.60. The molecule has 0 saturated carbocycles. The number of hydrogen-bond acceptors (Lipinski definition) is 5. The van der Waals surface area contributed by atoms with Crippen molar-refractivity contribution in [1.29, 1.82) is 0 Å². The number of fused-ring (bicyclic) bond motifs is 1. The van der Waals surface area contributed by atoms with E-state index >= 15 is 0 Å². The number of halogens is 3. The van der Waals surface area contributed by atoms with Crippen molar-refractivity contribution >= 4 is 23.3 Å². The van der Waals surface area contributed by atoms with Gasteiger partial charge in [-0.05, 0) is 35.9 Å². The van der Waals surface area contributed by atoms with E-state index in [1.807, 2.05) is 6.07 Å². The number of carbonyl (C=O) groups excluding carboxylic acids is 2. The summed E-state index contributed by atoms with van der Waals surface area (Å²) in [6.45, 7) is 0.158. The molecule has 2 aromatic carbocycles. The molecule has 0 aliphatic carbocycles. The standard InChI is InChI=1S/C23H21F3N4O4/c1-33-12-17-20(13-5-3-8-16(9-13)34-2)21-28-22(32)18(30(21)29-17)11-19(31)27-15-7-4-6-14(10-15)23(24,25)26/h3-10,18H,11-12H2,1-2H3,(H,27,31)(H,28,32). The molecule has 34 heavy (non-hydrogen) atoms. The molecule has 1 unspecified atom stereocenters. The number of aromatic nitrogens is 2. The van der Waals surface area contributed by atoms with Crippen LogP contribution >= 0.6 is 0 Å². The molecule has 2 N–H and O–H groups in total. The molecule has 1 aliphatic rings. The van der Waals surface area contributed by atoms with Gasteiger partial charge in [-0.25, -0.2) is 4.68 Å². The molecule has 1 aromatic heterocycles. The lowest BCUT2D eigenvalue weighted by Crippen LogP contribution is -2.24. The molecule has 8 nitrogen and oxygen atoms in total. The lowest BCUT2D eigenvalue weighted by molar-refractivity contribution is -0.137. The monoisotopic (exact) mass is 474 g/mol. The number of methoxy groups -OCH3 is 2. The highest BCUT2D eigenvalue weighted by Gasteiger charge is 2.37. The average Bonchev–Trinajstić information content (AvgIpc) is 3.28. The number of benzene rings is 2. The van der Waals surface area contributed by atoms with Gasteiger partial charge >= 0.3 is 6.18 Å². The minimum absolute atomic E-state index is 0.0175. The van der Waals surface area contributed by atoms with Crippen LogP contribution in [0.3, 0.4) is 0 Å². The van der Waals surface area contributed by atoms with Gasteiger partial charge in [-0.3, -0.25) is 9.59 Å². The Morgan fingerprint density at radius 1 is 1.18 bits per heavy atom. The number of carbonyl (C=O) groups is 2. The summed E-state index contributed by atoms with van der Waals surface area (Å²) in [5.41, 5.74) is 1.02. The third kappa shape index (κ3) is 4.60. The molecule has 0 saturated heterocycles. The second-order valence-corrected chi connectivity index (χ2v) is 7.62. The van der Waals surface area contributed by atoms with Gasteiger partial charge in [0.2, 0.25) is 5.91 Å². The second-order valence-electron chi connectivity index (χ2n) is 7.62. The summed E-state index contributed by atoms with van der Waals surface area (Å²) < 4.78 is 50.8. The molecule has 0 fully saturated rings. The van der Waals surface area contributed by atoms with Crippen molar-refractivity contribution in [3.63, 3.8) is 0 Å². The molecule has 4 rings (SSSR count). The molecule has 1 aliphatic heterocycles. The van der Waals surface area contributed by atoms with Crippen molar-refractivity contribution in [2.24, 2.45) is 0 Å². The van der Waals surface area contributed by atoms with Gasteiger partial charge in [0.1, 0.15) is 17.6 Å². The molecule has 1 atom stereocenters. The van der Waals surface area contributed by atoms with Gasteiger partial charge < -0.3 is 20.1 Å². The number of alkyl halides is 3. The van der Waals surface area contributed by atoms with Crippen molar-refractivity contribution in [3.8, 4) is 16.9 Å². The van der Waals surface area contributed by atoms with E-state index in [2.05, 4.69) is 15.7 Å². The van der Waals surface area contributed by atoms with Crippen molar-refractivity contribution < 1.29 is 32.2 Å². The maximum Gasteiger partial charge on any atom is 0.416 e. The van der Waals surface area contributed by atoms with Crippen molar-refractivity contribution in [2.75, 3.05) is 24.9 Å². The Labute approximate surface area is 192 Å².